The molecule has 2 saturated heterocycles. The Labute approximate surface area is 137 Å². The normalized spacial score (nSPS) is 22.1. The van der Waals surface area contributed by atoms with E-state index >= 15 is 0 Å². The molecule has 23 heavy (non-hydrogen) atoms. The summed E-state index contributed by atoms with van der Waals surface area (Å²) in [4.78, 5) is 30.8. The lowest BCUT2D eigenvalue weighted by molar-refractivity contribution is -0.143. The third-order valence-corrected chi connectivity index (χ3v) is 4.81. The third kappa shape index (κ3) is 3.19. The molecule has 5 nitrogen and oxygen atoms in total. The van der Waals surface area contributed by atoms with Gasteiger partial charge in [0.1, 0.15) is 6.04 Å². The molecule has 124 valence electrons. The molecule has 0 saturated carbocycles. The van der Waals surface area contributed by atoms with Gasteiger partial charge in [0.05, 0.1) is 0 Å². The zero-order chi connectivity index (χ0) is 16.4. The van der Waals surface area contributed by atoms with E-state index in [0.29, 0.717) is 12.8 Å². The highest BCUT2D eigenvalue weighted by Crippen LogP contribution is 2.24. The Kier molecular flexibility index (Phi) is 4.55. The first-order chi connectivity index (χ1) is 11.1. The number of hydrogen-bond donors (Lipinski definition) is 0. The molecule has 1 unspecified atom stereocenters. The summed E-state index contributed by atoms with van der Waals surface area (Å²) >= 11 is 0. The predicted octanol–water partition coefficient (Wildman–Crippen LogP) is 1.73. The zero-order valence-electron chi connectivity index (χ0n) is 13.9. The van der Waals surface area contributed by atoms with Crippen molar-refractivity contribution in [3.05, 3.63) is 30.3 Å². The van der Waals surface area contributed by atoms with Crippen molar-refractivity contribution in [2.24, 2.45) is 0 Å². The van der Waals surface area contributed by atoms with Crippen LogP contribution in [0.25, 0.3) is 0 Å². The van der Waals surface area contributed by atoms with E-state index in [4.69, 9.17) is 0 Å². The maximum absolute atomic E-state index is 12.8. The van der Waals surface area contributed by atoms with Crippen molar-refractivity contribution in [1.29, 1.82) is 0 Å². The summed E-state index contributed by atoms with van der Waals surface area (Å²) in [7, 11) is 0. The molecule has 0 spiro atoms. The van der Waals surface area contributed by atoms with Crippen molar-refractivity contribution in [3.8, 4) is 0 Å². The Balaban J connectivity index is 1.61. The molecule has 2 fully saturated rings. The standard InChI is InChI=1S/C18H25N3O2/c1-14(2)21-16(8-9-17(21)22)18(23)20-12-10-19(11-13-20)15-6-4-3-5-7-15/h3-7,14,16H,8-13H2,1-2H3. The fourth-order valence-electron chi connectivity index (χ4n) is 3.63. The predicted molar refractivity (Wildman–Crippen MR) is 90.2 cm³/mol. The number of para-hydroxylation sites is 1. The van der Waals surface area contributed by atoms with E-state index in [2.05, 4.69) is 17.0 Å². The highest BCUT2D eigenvalue weighted by Gasteiger charge is 2.39. The molecule has 2 aliphatic rings. The summed E-state index contributed by atoms with van der Waals surface area (Å²) in [6, 6.07) is 10.1. The van der Waals surface area contributed by atoms with Crippen LogP contribution in [0.1, 0.15) is 26.7 Å². The molecule has 0 aromatic heterocycles. The van der Waals surface area contributed by atoms with Gasteiger partial charge in [0.2, 0.25) is 11.8 Å². The van der Waals surface area contributed by atoms with Crippen molar-refractivity contribution >= 4 is 17.5 Å². The molecule has 0 bridgehead atoms. The molecule has 0 radical (unpaired) electrons. The van der Waals surface area contributed by atoms with Gasteiger partial charge in [-0.2, -0.15) is 0 Å². The summed E-state index contributed by atoms with van der Waals surface area (Å²) in [6.45, 7) is 7.11. The first-order valence-corrected chi connectivity index (χ1v) is 8.48. The molecule has 0 N–H and O–H groups in total. The second-order valence-corrected chi connectivity index (χ2v) is 6.60. The number of rotatable bonds is 3. The number of hydrogen-bond acceptors (Lipinski definition) is 3. The van der Waals surface area contributed by atoms with Crippen molar-refractivity contribution < 1.29 is 9.59 Å². The average Bonchev–Trinajstić information content (AvgIpc) is 2.97. The lowest BCUT2D eigenvalue weighted by Crippen LogP contribution is -2.55. The average molecular weight is 315 g/mol. The number of carbonyl (C=O) groups excluding carboxylic acids is 2. The van der Waals surface area contributed by atoms with E-state index in [1.54, 1.807) is 4.90 Å². The maximum Gasteiger partial charge on any atom is 0.245 e. The largest absolute Gasteiger partial charge is 0.368 e. The van der Waals surface area contributed by atoms with E-state index in [9.17, 15) is 9.59 Å². The molecule has 1 atom stereocenters. The van der Waals surface area contributed by atoms with Crippen molar-refractivity contribution in [1.82, 2.24) is 9.80 Å². The summed E-state index contributed by atoms with van der Waals surface area (Å²) in [5.41, 5.74) is 1.21. The fraction of sp³-hybridized carbons (Fsp3) is 0.556. The minimum absolute atomic E-state index is 0.0876. The Hall–Kier alpha value is -2.04. The third-order valence-electron chi connectivity index (χ3n) is 4.81. The van der Waals surface area contributed by atoms with Crippen LogP contribution in [-0.2, 0) is 9.59 Å². The van der Waals surface area contributed by atoms with Crippen molar-refractivity contribution in [3.63, 3.8) is 0 Å². The van der Waals surface area contributed by atoms with Crippen LogP contribution in [0, 0.1) is 0 Å². The topological polar surface area (TPSA) is 43.9 Å². The second-order valence-electron chi connectivity index (χ2n) is 6.60. The van der Waals surface area contributed by atoms with Crippen LogP contribution in [0.5, 0.6) is 0 Å². The van der Waals surface area contributed by atoms with Gasteiger partial charge in [-0.3, -0.25) is 9.59 Å². The molecule has 2 aliphatic heterocycles. The Morgan fingerprint density at radius 3 is 2.35 bits per heavy atom. The van der Waals surface area contributed by atoms with Crippen molar-refractivity contribution in [2.45, 2.75) is 38.8 Å². The van der Waals surface area contributed by atoms with Gasteiger partial charge in [0, 0.05) is 44.3 Å². The van der Waals surface area contributed by atoms with Crippen LogP contribution in [-0.4, -0.2) is 59.9 Å². The molecule has 1 aromatic carbocycles. The number of nitrogens with zero attached hydrogens (tertiary/aromatic N) is 3. The molecule has 1 aromatic rings. The highest BCUT2D eigenvalue weighted by molar-refractivity contribution is 5.91. The lowest BCUT2D eigenvalue weighted by Gasteiger charge is -2.39. The number of piperazine rings is 1. The molecular weight excluding hydrogens is 290 g/mol. The number of likely N-dealkylation sites (tertiary alicyclic amines) is 1. The highest BCUT2D eigenvalue weighted by atomic mass is 16.2. The van der Waals surface area contributed by atoms with E-state index < -0.39 is 0 Å². The van der Waals surface area contributed by atoms with E-state index in [1.807, 2.05) is 36.9 Å². The minimum Gasteiger partial charge on any atom is -0.368 e. The summed E-state index contributed by atoms with van der Waals surface area (Å²) < 4.78 is 0. The minimum atomic E-state index is -0.259. The lowest BCUT2D eigenvalue weighted by atomic mass is 10.1. The first kappa shape index (κ1) is 15.8. The van der Waals surface area contributed by atoms with Crippen LogP contribution in [0.2, 0.25) is 0 Å². The van der Waals surface area contributed by atoms with E-state index in [0.717, 1.165) is 26.2 Å². The van der Waals surface area contributed by atoms with E-state index in [-0.39, 0.29) is 23.9 Å². The SMILES string of the molecule is CC(C)N1C(=O)CCC1C(=O)N1CCN(c2ccccc2)CC1. The Morgan fingerprint density at radius 1 is 1.09 bits per heavy atom. The van der Waals surface area contributed by atoms with Crippen LogP contribution in [0.4, 0.5) is 5.69 Å². The van der Waals surface area contributed by atoms with Gasteiger partial charge in [0.15, 0.2) is 0 Å². The quantitative estimate of drug-likeness (QED) is 0.853. The summed E-state index contributed by atoms with van der Waals surface area (Å²) in [6.07, 6.45) is 1.16. The molecule has 2 amide bonds. The van der Waals surface area contributed by atoms with Crippen LogP contribution >= 0.6 is 0 Å². The fourth-order valence-corrected chi connectivity index (χ4v) is 3.63. The van der Waals surface area contributed by atoms with Gasteiger partial charge in [0.25, 0.3) is 0 Å². The maximum atomic E-state index is 12.8. The van der Waals surface area contributed by atoms with Gasteiger partial charge in [-0.25, -0.2) is 0 Å². The second kappa shape index (κ2) is 6.60. The van der Waals surface area contributed by atoms with Gasteiger partial charge in [-0.1, -0.05) is 18.2 Å². The van der Waals surface area contributed by atoms with Gasteiger partial charge in [-0.05, 0) is 32.4 Å². The van der Waals surface area contributed by atoms with Crippen LogP contribution in [0.3, 0.4) is 0 Å². The van der Waals surface area contributed by atoms with Crippen LogP contribution < -0.4 is 4.90 Å². The summed E-state index contributed by atoms with van der Waals surface area (Å²) in [5.74, 6) is 0.235. The molecule has 0 aliphatic carbocycles. The number of amides is 2. The monoisotopic (exact) mass is 315 g/mol. The molecule has 5 heteroatoms. The molecule has 2 heterocycles. The molecule has 3 rings (SSSR count). The zero-order valence-corrected chi connectivity index (χ0v) is 13.9. The number of anilines is 1. The van der Waals surface area contributed by atoms with Gasteiger partial charge >= 0.3 is 0 Å². The van der Waals surface area contributed by atoms with Gasteiger partial charge in [-0.15, -0.1) is 0 Å². The van der Waals surface area contributed by atoms with Crippen LogP contribution in [0.15, 0.2) is 30.3 Å². The summed E-state index contributed by atoms with van der Waals surface area (Å²) in [5, 5.41) is 0. The number of carbonyl (C=O) groups is 2. The Bertz CT molecular complexity index is 565. The first-order valence-electron chi connectivity index (χ1n) is 8.48. The number of benzene rings is 1. The van der Waals surface area contributed by atoms with E-state index in [1.165, 1.54) is 5.69 Å². The van der Waals surface area contributed by atoms with Crippen molar-refractivity contribution in [2.75, 3.05) is 31.1 Å². The van der Waals surface area contributed by atoms with Gasteiger partial charge < -0.3 is 14.7 Å². The molecular formula is C18H25N3O2. The smallest absolute Gasteiger partial charge is 0.245 e. The Morgan fingerprint density at radius 2 is 1.74 bits per heavy atom.